The van der Waals surface area contributed by atoms with Crippen LogP contribution >= 0.6 is 11.3 Å². The number of aromatic nitrogens is 4. The molecule has 1 aromatic carbocycles. The lowest BCUT2D eigenvalue weighted by Crippen LogP contribution is -1.90. The maximum atomic E-state index is 4.76. The molecule has 4 aromatic heterocycles. The van der Waals surface area contributed by atoms with Crippen LogP contribution in [0.2, 0.25) is 0 Å². The minimum Gasteiger partial charge on any atom is -0.254 e. The summed E-state index contributed by atoms with van der Waals surface area (Å²) in [5, 5.41) is 2.26. The fourth-order valence-corrected chi connectivity index (χ4v) is 3.65. The molecule has 0 aliphatic rings. The van der Waals surface area contributed by atoms with E-state index in [1.807, 2.05) is 36.5 Å². The molecule has 23 heavy (non-hydrogen) atoms. The highest BCUT2D eigenvalue weighted by Crippen LogP contribution is 2.31. The van der Waals surface area contributed by atoms with Crippen molar-refractivity contribution in [1.82, 2.24) is 19.9 Å². The first-order chi connectivity index (χ1) is 11.4. The van der Waals surface area contributed by atoms with Gasteiger partial charge in [0.15, 0.2) is 0 Å². The Morgan fingerprint density at radius 2 is 1.65 bits per heavy atom. The quantitative estimate of drug-likeness (QED) is 0.458. The molecule has 0 fully saturated rings. The number of fused-ring (bicyclic) bond motifs is 4. The van der Waals surface area contributed by atoms with Gasteiger partial charge in [-0.05, 0) is 23.6 Å². The molecule has 0 saturated heterocycles. The zero-order valence-corrected chi connectivity index (χ0v) is 12.8. The van der Waals surface area contributed by atoms with Crippen molar-refractivity contribution < 1.29 is 0 Å². The first-order valence-corrected chi connectivity index (χ1v) is 8.05. The first-order valence-electron chi connectivity index (χ1n) is 7.24. The summed E-state index contributed by atoms with van der Waals surface area (Å²) in [7, 11) is 0. The molecule has 0 spiro atoms. The summed E-state index contributed by atoms with van der Waals surface area (Å²) in [5.41, 5.74) is 3.35. The number of rotatable bonds is 1. The molecule has 0 radical (unpaired) electrons. The number of hydrogen-bond donors (Lipinski definition) is 0. The zero-order valence-electron chi connectivity index (χ0n) is 12.0. The first kappa shape index (κ1) is 12.6. The van der Waals surface area contributed by atoms with Gasteiger partial charge in [-0.3, -0.25) is 9.97 Å². The van der Waals surface area contributed by atoms with Gasteiger partial charge < -0.3 is 0 Å². The van der Waals surface area contributed by atoms with Gasteiger partial charge in [0.05, 0.1) is 16.6 Å². The van der Waals surface area contributed by atoms with E-state index in [1.54, 1.807) is 23.7 Å². The van der Waals surface area contributed by atoms with E-state index in [4.69, 9.17) is 4.98 Å². The monoisotopic (exact) mass is 314 g/mol. The van der Waals surface area contributed by atoms with Crippen LogP contribution in [0.25, 0.3) is 42.7 Å². The van der Waals surface area contributed by atoms with Crippen molar-refractivity contribution in [1.29, 1.82) is 0 Å². The smallest absolute Gasteiger partial charge is 0.144 e. The Bertz CT molecular complexity index is 1180. The van der Waals surface area contributed by atoms with E-state index in [-0.39, 0.29) is 0 Å². The van der Waals surface area contributed by atoms with E-state index in [0.717, 1.165) is 42.7 Å². The van der Waals surface area contributed by atoms with Gasteiger partial charge in [0.1, 0.15) is 21.6 Å². The van der Waals surface area contributed by atoms with Crippen LogP contribution in [-0.2, 0) is 0 Å². The van der Waals surface area contributed by atoms with Gasteiger partial charge in [0, 0.05) is 17.8 Å². The molecule has 0 amide bonds. The maximum Gasteiger partial charge on any atom is 0.144 e. The minimum absolute atomic E-state index is 0.772. The topological polar surface area (TPSA) is 51.6 Å². The van der Waals surface area contributed by atoms with E-state index in [0.29, 0.717) is 0 Å². The van der Waals surface area contributed by atoms with Crippen molar-refractivity contribution in [2.75, 3.05) is 0 Å². The second kappa shape index (κ2) is 4.79. The number of thiophene rings is 1. The summed E-state index contributed by atoms with van der Waals surface area (Å²) in [5.74, 6) is 0. The predicted molar refractivity (Wildman–Crippen MR) is 93.5 cm³/mol. The standard InChI is InChI=1S/C18H10N4S/c1-2-5-12-9-20-13(8-11(12)4-1)14-10-21-18-17(22-14)16-15(23-18)6-3-7-19-16/h1-10H. The Hall–Kier alpha value is -2.92. The molecule has 108 valence electrons. The average Bonchev–Trinajstić information content (AvgIpc) is 2.99. The highest BCUT2D eigenvalue weighted by Gasteiger charge is 2.11. The van der Waals surface area contributed by atoms with Gasteiger partial charge in [-0.2, -0.15) is 0 Å². The molecule has 0 aliphatic carbocycles. The van der Waals surface area contributed by atoms with Gasteiger partial charge in [0.25, 0.3) is 0 Å². The predicted octanol–water partition coefficient (Wildman–Crippen LogP) is 4.45. The minimum atomic E-state index is 0.772. The second-order valence-corrected chi connectivity index (χ2v) is 6.31. The summed E-state index contributed by atoms with van der Waals surface area (Å²) in [4.78, 5) is 19.2. The highest BCUT2D eigenvalue weighted by molar-refractivity contribution is 7.25. The third-order valence-corrected chi connectivity index (χ3v) is 4.88. The van der Waals surface area contributed by atoms with Crippen LogP contribution in [0.3, 0.4) is 0 Å². The van der Waals surface area contributed by atoms with Gasteiger partial charge in [-0.15, -0.1) is 11.3 Å². The number of nitrogens with zero attached hydrogens (tertiary/aromatic N) is 4. The largest absolute Gasteiger partial charge is 0.254 e. The van der Waals surface area contributed by atoms with Crippen LogP contribution in [-0.4, -0.2) is 19.9 Å². The van der Waals surface area contributed by atoms with Gasteiger partial charge in [0.2, 0.25) is 0 Å². The number of hydrogen-bond acceptors (Lipinski definition) is 5. The van der Waals surface area contributed by atoms with E-state index in [1.165, 1.54) is 0 Å². The maximum absolute atomic E-state index is 4.76. The van der Waals surface area contributed by atoms with Crippen LogP contribution in [0.15, 0.2) is 61.1 Å². The zero-order chi connectivity index (χ0) is 15.2. The lowest BCUT2D eigenvalue weighted by molar-refractivity contribution is 1.25. The normalized spacial score (nSPS) is 11.5. The summed E-state index contributed by atoms with van der Waals surface area (Å²) in [6, 6.07) is 14.2. The summed E-state index contributed by atoms with van der Waals surface area (Å²) >= 11 is 1.61. The van der Waals surface area contributed by atoms with E-state index < -0.39 is 0 Å². The summed E-state index contributed by atoms with van der Waals surface area (Å²) in [6.45, 7) is 0. The summed E-state index contributed by atoms with van der Waals surface area (Å²) in [6.07, 6.45) is 5.45. The molecule has 0 unspecified atom stereocenters. The van der Waals surface area contributed by atoms with Gasteiger partial charge in [-0.25, -0.2) is 9.97 Å². The van der Waals surface area contributed by atoms with Crippen molar-refractivity contribution in [3.05, 3.63) is 61.1 Å². The fraction of sp³-hybridized carbons (Fsp3) is 0. The Morgan fingerprint density at radius 3 is 2.61 bits per heavy atom. The third kappa shape index (κ3) is 1.98. The Labute approximate surface area is 135 Å². The molecule has 5 aromatic rings. The molecule has 4 heterocycles. The second-order valence-electron chi connectivity index (χ2n) is 5.28. The molecule has 5 rings (SSSR count). The van der Waals surface area contributed by atoms with Crippen LogP contribution in [0.4, 0.5) is 0 Å². The molecular formula is C18H10N4S. The van der Waals surface area contributed by atoms with Crippen molar-refractivity contribution >= 4 is 42.7 Å². The average molecular weight is 314 g/mol. The van der Waals surface area contributed by atoms with Crippen LogP contribution < -0.4 is 0 Å². The number of pyridine rings is 2. The van der Waals surface area contributed by atoms with Crippen molar-refractivity contribution in [2.45, 2.75) is 0 Å². The fourth-order valence-electron chi connectivity index (χ4n) is 2.71. The molecule has 5 heteroatoms. The molecule has 4 nitrogen and oxygen atoms in total. The van der Waals surface area contributed by atoms with Crippen LogP contribution in [0.1, 0.15) is 0 Å². The Morgan fingerprint density at radius 1 is 0.739 bits per heavy atom. The van der Waals surface area contributed by atoms with Gasteiger partial charge >= 0.3 is 0 Å². The molecular weight excluding hydrogens is 304 g/mol. The molecule has 0 saturated carbocycles. The molecule has 0 atom stereocenters. The van der Waals surface area contributed by atoms with Crippen LogP contribution in [0.5, 0.6) is 0 Å². The lowest BCUT2D eigenvalue weighted by atomic mass is 10.1. The van der Waals surface area contributed by atoms with E-state index in [2.05, 4.69) is 27.1 Å². The molecule has 0 N–H and O–H groups in total. The molecule has 0 aliphatic heterocycles. The van der Waals surface area contributed by atoms with E-state index in [9.17, 15) is 0 Å². The number of benzene rings is 1. The van der Waals surface area contributed by atoms with Crippen LogP contribution in [0, 0.1) is 0 Å². The highest BCUT2D eigenvalue weighted by atomic mass is 32.1. The van der Waals surface area contributed by atoms with Crippen molar-refractivity contribution in [2.24, 2.45) is 0 Å². The lowest BCUT2D eigenvalue weighted by Gasteiger charge is -2.02. The van der Waals surface area contributed by atoms with Crippen molar-refractivity contribution in [3.8, 4) is 11.4 Å². The molecule has 0 bridgehead atoms. The van der Waals surface area contributed by atoms with Crippen molar-refractivity contribution in [3.63, 3.8) is 0 Å². The van der Waals surface area contributed by atoms with Gasteiger partial charge in [-0.1, -0.05) is 24.3 Å². The SMILES string of the molecule is c1ccc2cc(-c3cnc4sc5cccnc5c4n3)ncc2c1. The van der Waals surface area contributed by atoms with E-state index >= 15 is 0 Å². The Balaban J connectivity index is 1.76. The third-order valence-electron chi connectivity index (χ3n) is 3.83. The summed E-state index contributed by atoms with van der Waals surface area (Å²) < 4.78 is 1.10. The Kier molecular flexibility index (Phi) is 2.63.